The predicted octanol–water partition coefficient (Wildman–Crippen LogP) is 1.70. The summed E-state index contributed by atoms with van der Waals surface area (Å²) in [7, 11) is 0. The number of rotatable bonds is 0. The Labute approximate surface area is 68.4 Å². The lowest BCUT2D eigenvalue weighted by Gasteiger charge is -2.20. The monoisotopic (exact) mass is 155 g/mol. The van der Waals surface area contributed by atoms with Gasteiger partial charge >= 0.3 is 0 Å². The van der Waals surface area contributed by atoms with E-state index >= 15 is 0 Å². The number of amides is 1. The van der Waals surface area contributed by atoms with Crippen LogP contribution in [0.1, 0.15) is 39.5 Å². The van der Waals surface area contributed by atoms with Crippen LogP contribution in [-0.2, 0) is 4.79 Å². The lowest BCUT2D eigenvalue weighted by Crippen LogP contribution is -2.35. The quantitative estimate of drug-likeness (QED) is 0.567. The van der Waals surface area contributed by atoms with Gasteiger partial charge in [-0.1, -0.05) is 13.8 Å². The van der Waals surface area contributed by atoms with Gasteiger partial charge in [0.15, 0.2) is 0 Å². The van der Waals surface area contributed by atoms with E-state index in [1.807, 2.05) is 13.8 Å². The van der Waals surface area contributed by atoms with Crippen LogP contribution in [0.3, 0.4) is 0 Å². The van der Waals surface area contributed by atoms with Crippen LogP contribution in [0.25, 0.3) is 0 Å². The molecule has 2 heteroatoms. The second kappa shape index (κ2) is 3.24. The molecule has 11 heavy (non-hydrogen) atoms. The number of hydrogen-bond donors (Lipinski definition) is 1. The van der Waals surface area contributed by atoms with Crippen LogP contribution in [0.15, 0.2) is 0 Å². The number of hydrogen-bond acceptors (Lipinski definition) is 1. The molecule has 0 aromatic rings. The van der Waals surface area contributed by atoms with Crippen molar-refractivity contribution in [1.82, 2.24) is 5.32 Å². The normalized spacial score (nSPS) is 25.1. The van der Waals surface area contributed by atoms with Crippen molar-refractivity contribution in [2.45, 2.75) is 39.5 Å². The Kier molecular flexibility index (Phi) is 2.53. The van der Waals surface area contributed by atoms with Crippen LogP contribution in [0.2, 0.25) is 0 Å². The van der Waals surface area contributed by atoms with Gasteiger partial charge in [0.25, 0.3) is 0 Å². The topological polar surface area (TPSA) is 29.1 Å². The first-order valence-electron chi connectivity index (χ1n) is 4.58. The molecule has 1 saturated carbocycles. The maximum absolute atomic E-state index is 10.7. The first-order valence-corrected chi connectivity index (χ1v) is 4.58. The summed E-state index contributed by atoms with van der Waals surface area (Å²) in [4.78, 5) is 10.7. The minimum atomic E-state index is 0.243. The van der Waals surface area contributed by atoms with Crippen LogP contribution < -0.4 is 5.32 Å². The van der Waals surface area contributed by atoms with E-state index in [0.29, 0.717) is 5.41 Å². The Balaban J connectivity index is 0.000000281. The van der Waals surface area contributed by atoms with E-state index in [1.165, 1.54) is 12.8 Å². The van der Waals surface area contributed by atoms with E-state index in [-0.39, 0.29) is 5.91 Å². The highest BCUT2D eigenvalue weighted by Gasteiger charge is 2.44. The van der Waals surface area contributed by atoms with E-state index in [9.17, 15) is 4.79 Å². The molecule has 2 nitrogen and oxygen atoms in total. The number of carbonyl (C=O) groups is 1. The number of nitrogens with one attached hydrogen (secondary N) is 1. The van der Waals surface area contributed by atoms with E-state index in [1.54, 1.807) is 0 Å². The number of piperidine rings is 1. The molecule has 1 aliphatic carbocycles. The van der Waals surface area contributed by atoms with Gasteiger partial charge in [-0.05, 0) is 24.7 Å². The van der Waals surface area contributed by atoms with Crippen LogP contribution in [-0.4, -0.2) is 12.5 Å². The Morgan fingerprint density at radius 1 is 1.27 bits per heavy atom. The van der Waals surface area contributed by atoms with Crippen molar-refractivity contribution < 1.29 is 4.79 Å². The third kappa shape index (κ3) is 1.95. The zero-order valence-corrected chi connectivity index (χ0v) is 7.44. The molecule has 0 bridgehead atoms. The van der Waals surface area contributed by atoms with Crippen molar-refractivity contribution in [1.29, 1.82) is 0 Å². The van der Waals surface area contributed by atoms with Crippen molar-refractivity contribution in [3.63, 3.8) is 0 Å². The summed E-state index contributed by atoms with van der Waals surface area (Å²) in [5, 5.41) is 2.90. The van der Waals surface area contributed by atoms with Crippen LogP contribution in [0.5, 0.6) is 0 Å². The largest absolute Gasteiger partial charge is 0.356 e. The van der Waals surface area contributed by atoms with Gasteiger partial charge in [0.2, 0.25) is 5.91 Å². The summed E-state index contributed by atoms with van der Waals surface area (Å²) >= 11 is 0. The molecule has 1 spiro atoms. The molecule has 0 radical (unpaired) electrons. The molecule has 2 fully saturated rings. The molecule has 2 rings (SSSR count). The van der Waals surface area contributed by atoms with Crippen LogP contribution in [0.4, 0.5) is 0 Å². The summed E-state index contributed by atoms with van der Waals surface area (Å²) in [5.41, 5.74) is 0.577. The molecule has 0 unspecified atom stereocenters. The van der Waals surface area contributed by atoms with Crippen molar-refractivity contribution in [2.24, 2.45) is 5.41 Å². The molecule has 1 amide bonds. The summed E-state index contributed by atoms with van der Waals surface area (Å²) < 4.78 is 0. The lowest BCUT2D eigenvalue weighted by molar-refractivity contribution is -0.123. The molecule has 1 saturated heterocycles. The van der Waals surface area contributed by atoms with Crippen LogP contribution in [0, 0.1) is 5.41 Å². The van der Waals surface area contributed by atoms with E-state index in [0.717, 1.165) is 19.4 Å². The molecule has 0 aromatic carbocycles. The molecule has 2 aliphatic rings. The Morgan fingerprint density at radius 3 is 2.27 bits per heavy atom. The molecule has 1 heterocycles. The van der Waals surface area contributed by atoms with E-state index < -0.39 is 0 Å². The molecule has 0 aromatic heterocycles. The average molecular weight is 155 g/mol. The Morgan fingerprint density at radius 2 is 1.91 bits per heavy atom. The van der Waals surface area contributed by atoms with Gasteiger partial charge in [-0.2, -0.15) is 0 Å². The predicted molar refractivity (Wildman–Crippen MR) is 45.3 cm³/mol. The van der Waals surface area contributed by atoms with Crippen molar-refractivity contribution in [3.05, 3.63) is 0 Å². The maximum atomic E-state index is 10.7. The highest BCUT2D eigenvalue weighted by atomic mass is 16.1. The van der Waals surface area contributed by atoms with Gasteiger partial charge < -0.3 is 5.32 Å². The van der Waals surface area contributed by atoms with Gasteiger partial charge in [-0.3, -0.25) is 4.79 Å². The fourth-order valence-corrected chi connectivity index (χ4v) is 1.45. The molecule has 0 atom stereocenters. The van der Waals surface area contributed by atoms with Crippen LogP contribution >= 0.6 is 0 Å². The van der Waals surface area contributed by atoms with Gasteiger partial charge in [0, 0.05) is 13.0 Å². The minimum absolute atomic E-state index is 0.243. The third-order valence-electron chi connectivity index (χ3n) is 2.50. The average Bonchev–Trinajstić information content (AvgIpc) is 2.81. The second-order valence-corrected chi connectivity index (χ2v) is 3.28. The fraction of sp³-hybridized carbons (Fsp3) is 0.889. The SMILES string of the molecule is CC.O=C1CCC2(CC2)CN1. The standard InChI is InChI=1S/C7H11NO.C2H6/c9-6-1-2-7(3-4-7)5-8-6;1-2/h1-5H2,(H,8,9);1-2H3. The summed E-state index contributed by atoms with van der Waals surface area (Å²) in [5.74, 6) is 0.243. The zero-order chi connectivity index (χ0) is 8.32. The molecular formula is C9H17NO. The first kappa shape index (κ1) is 8.57. The minimum Gasteiger partial charge on any atom is -0.356 e. The van der Waals surface area contributed by atoms with Gasteiger partial charge in [0.05, 0.1) is 0 Å². The maximum Gasteiger partial charge on any atom is 0.220 e. The highest BCUT2D eigenvalue weighted by molar-refractivity contribution is 5.77. The van der Waals surface area contributed by atoms with Crippen molar-refractivity contribution >= 4 is 5.91 Å². The van der Waals surface area contributed by atoms with Crippen molar-refractivity contribution in [2.75, 3.05) is 6.54 Å². The second-order valence-electron chi connectivity index (χ2n) is 3.28. The molecule has 1 N–H and O–H groups in total. The molecular weight excluding hydrogens is 138 g/mol. The van der Waals surface area contributed by atoms with Gasteiger partial charge in [-0.15, -0.1) is 0 Å². The third-order valence-corrected chi connectivity index (χ3v) is 2.50. The first-order chi connectivity index (χ1) is 5.31. The Hall–Kier alpha value is -0.530. The summed E-state index contributed by atoms with van der Waals surface area (Å²) in [6, 6.07) is 0. The van der Waals surface area contributed by atoms with E-state index in [2.05, 4.69) is 5.32 Å². The Bertz CT molecular complexity index is 138. The summed E-state index contributed by atoms with van der Waals surface area (Å²) in [6.07, 6.45) is 4.58. The molecule has 1 aliphatic heterocycles. The smallest absolute Gasteiger partial charge is 0.220 e. The molecule has 64 valence electrons. The van der Waals surface area contributed by atoms with E-state index in [4.69, 9.17) is 0 Å². The number of carbonyl (C=O) groups excluding carboxylic acids is 1. The zero-order valence-electron chi connectivity index (χ0n) is 7.44. The van der Waals surface area contributed by atoms with Crippen molar-refractivity contribution in [3.8, 4) is 0 Å². The summed E-state index contributed by atoms with van der Waals surface area (Å²) in [6.45, 7) is 4.95. The van der Waals surface area contributed by atoms with Gasteiger partial charge in [0.1, 0.15) is 0 Å². The fourth-order valence-electron chi connectivity index (χ4n) is 1.45. The van der Waals surface area contributed by atoms with Gasteiger partial charge in [-0.25, -0.2) is 0 Å². The lowest BCUT2D eigenvalue weighted by atomic mass is 9.96. The highest BCUT2D eigenvalue weighted by Crippen LogP contribution is 2.50.